The molecule has 0 aliphatic carbocycles. The lowest BCUT2D eigenvalue weighted by Gasteiger charge is -2.12. The van der Waals surface area contributed by atoms with Gasteiger partial charge in [-0.2, -0.15) is 5.10 Å². The monoisotopic (exact) mass is 481 g/mol. The van der Waals surface area contributed by atoms with Crippen molar-refractivity contribution in [3.8, 4) is 0 Å². The van der Waals surface area contributed by atoms with Crippen LogP contribution in [0.3, 0.4) is 0 Å². The van der Waals surface area contributed by atoms with Gasteiger partial charge in [0, 0.05) is 11.9 Å². The van der Waals surface area contributed by atoms with Crippen molar-refractivity contribution in [2.45, 2.75) is 24.9 Å². The fourth-order valence-electron chi connectivity index (χ4n) is 2.67. The molecule has 0 unspecified atom stereocenters. The maximum absolute atomic E-state index is 12.6. The first kappa shape index (κ1) is 22.9. The number of hydrogen-bond acceptors (Lipinski definition) is 6. The van der Waals surface area contributed by atoms with E-state index in [1.807, 2.05) is 0 Å². The van der Waals surface area contributed by atoms with Gasteiger partial charge in [0.1, 0.15) is 11.6 Å². The van der Waals surface area contributed by atoms with Crippen LogP contribution in [0.25, 0.3) is 0 Å². The van der Waals surface area contributed by atoms with Gasteiger partial charge in [-0.25, -0.2) is 17.8 Å². The summed E-state index contributed by atoms with van der Waals surface area (Å²) in [4.78, 5) is 28.4. The standard InChI is InChI=1S/C19H17Cl2N5O4S/c1-12-8-13(25-17(27)11-26-19(28)18(21)15(20)10-23-26)5-6-16(12)31(29,30)24-9-14-4-2-3-7-22-14/h2-8,10,24H,9,11H2,1H3,(H,25,27). The number of carbonyl (C=O) groups is 1. The van der Waals surface area contributed by atoms with E-state index in [1.54, 1.807) is 31.3 Å². The second-order valence-corrected chi connectivity index (χ2v) is 8.96. The van der Waals surface area contributed by atoms with Gasteiger partial charge in [0.15, 0.2) is 0 Å². The topological polar surface area (TPSA) is 123 Å². The van der Waals surface area contributed by atoms with Crippen molar-refractivity contribution in [2.24, 2.45) is 0 Å². The van der Waals surface area contributed by atoms with Gasteiger partial charge in [0.05, 0.1) is 28.4 Å². The van der Waals surface area contributed by atoms with Crippen LogP contribution in [0.1, 0.15) is 11.3 Å². The smallest absolute Gasteiger partial charge is 0.287 e. The normalized spacial score (nSPS) is 11.3. The Bertz CT molecular complexity index is 1280. The minimum atomic E-state index is -3.78. The zero-order chi connectivity index (χ0) is 22.6. The summed E-state index contributed by atoms with van der Waals surface area (Å²) >= 11 is 11.5. The molecule has 0 atom stereocenters. The van der Waals surface area contributed by atoms with Crippen LogP contribution in [0.5, 0.6) is 0 Å². The van der Waals surface area contributed by atoms with Crippen LogP contribution in [-0.4, -0.2) is 29.1 Å². The Labute approximate surface area is 188 Å². The number of aryl methyl sites for hydroxylation is 1. The van der Waals surface area contributed by atoms with Crippen molar-refractivity contribution < 1.29 is 13.2 Å². The number of aromatic nitrogens is 3. The summed E-state index contributed by atoms with van der Waals surface area (Å²) in [5, 5.41) is 6.12. The maximum atomic E-state index is 12.6. The molecular formula is C19H17Cl2N5O4S. The molecule has 0 aliphatic rings. The van der Waals surface area contributed by atoms with E-state index in [0.29, 0.717) is 16.9 Å². The van der Waals surface area contributed by atoms with E-state index in [0.717, 1.165) is 4.68 Å². The molecular weight excluding hydrogens is 465 g/mol. The molecule has 0 spiro atoms. The number of nitrogens with one attached hydrogen (secondary N) is 2. The summed E-state index contributed by atoms with van der Waals surface area (Å²) in [5.74, 6) is -0.545. The number of benzene rings is 1. The number of amides is 1. The van der Waals surface area contributed by atoms with E-state index in [-0.39, 0.29) is 28.0 Å². The van der Waals surface area contributed by atoms with Crippen molar-refractivity contribution >= 4 is 44.8 Å². The van der Waals surface area contributed by atoms with Gasteiger partial charge in [-0.05, 0) is 42.8 Å². The van der Waals surface area contributed by atoms with Gasteiger partial charge in [0.2, 0.25) is 15.9 Å². The minimum absolute atomic E-state index is 0.00703. The number of sulfonamides is 1. The highest BCUT2D eigenvalue weighted by atomic mass is 35.5. The van der Waals surface area contributed by atoms with Gasteiger partial charge in [-0.1, -0.05) is 29.3 Å². The number of rotatable bonds is 7. The molecule has 0 saturated heterocycles. The summed E-state index contributed by atoms with van der Waals surface area (Å²) < 4.78 is 28.6. The molecule has 9 nitrogen and oxygen atoms in total. The molecule has 2 N–H and O–H groups in total. The van der Waals surface area contributed by atoms with Gasteiger partial charge < -0.3 is 5.32 Å². The van der Waals surface area contributed by atoms with Crippen molar-refractivity contribution in [1.82, 2.24) is 19.5 Å². The second-order valence-electron chi connectivity index (χ2n) is 6.44. The van der Waals surface area contributed by atoms with E-state index < -0.39 is 21.5 Å². The zero-order valence-electron chi connectivity index (χ0n) is 16.2. The molecule has 0 aliphatic heterocycles. The summed E-state index contributed by atoms with van der Waals surface area (Å²) in [6, 6.07) is 9.56. The summed E-state index contributed by atoms with van der Waals surface area (Å²) in [5.41, 5.74) is 0.676. The van der Waals surface area contributed by atoms with Crippen LogP contribution >= 0.6 is 23.2 Å². The Hall–Kier alpha value is -2.79. The Morgan fingerprint density at radius 1 is 1.19 bits per heavy atom. The lowest BCUT2D eigenvalue weighted by molar-refractivity contribution is -0.117. The molecule has 2 heterocycles. The van der Waals surface area contributed by atoms with Crippen molar-refractivity contribution in [1.29, 1.82) is 0 Å². The molecule has 0 saturated carbocycles. The van der Waals surface area contributed by atoms with Crippen LogP contribution in [0.4, 0.5) is 5.69 Å². The molecule has 31 heavy (non-hydrogen) atoms. The average Bonchev–Trinajstić information content (AvgIpc) is 2.73. The van der Waals surface area contributed by atoms with Crippen molar-refractivity contribution in [3.63, 3.8) is 0 Å². The minimum Gasteiger partial charge on any atom is -0.324 e. The summed E-state index contributed by atoms with van der Waals surface area (Å²) in [7, 11) is -3.78. The van der Waals surface area contributed by atoms with Crippen LogP contribution in [-0.2, 0) is 27.9 Å². The number of pyridine rings is 1. The van der Waals surface area contributed by atoms with Crippen molar-refractivity contribution in [2.75, 3.05) is 5.32 Å². The number of anilines is 1. The van der Waals surface area contributed by atoms with Crippen LogP contribution in [0.2, 0.25) is 10.0 Å². The fourth-order valence-corrected chi connectivity index (χ4v) is 4.17. The van der Waals surface area contributed by atoms with E-state index in [4.69, 9.17) is 23.2 Å². The predicted octanol–water partition coefficient (Wildman–Crippen LogP) is 2.37. The zero-order valence-corrected chi connectivity index (χ0v) is 18.5. The van der Waals surface area contributed by atoms with E-state index >= 15 is 0 Å². The number of halogens is 2. The Morgan fingerprint density at radius 2 is 1.97 bits per heavy atom. The Morgan fingerprint density at radius 3 is 2.65 bits per heavy atom. The van der Waals surface area contributed by atoms with Gasteiger partial charge in [0.25, 0.3) is 5.56 Å². The summed E-state index contributed by atoms with van der Waals surface area (Å²) in [6.45, 7) is 1.27. The van der Waals surface area contributed by atoms with Gasteiger partial charge in [-0.15, -0.1) is 0 Å². The maximum Gasteiger partial charge on any atom is 0.287 e. The Balaban J connectivity index is 1.69. The van der Waals surface area contributed by atoms with Crippen molar-refractivity contribution in [3.05, 3.63) is 80.4 Å². The fraction of sp³-hybridized carbons (Fsp3) is 0.158. The molecule has 162 valence electrons. The molecule has 12 heteroatoms. The molecule has 1 amide bonds. The molecule has 2 aromatic heterocycles. The SMILES string of the molecule is Cc1cc(NC(=O)Cn2ncc(Cl)c(Cl)c2=O)ccc1S(=O)(=O)NCc1ccccn1. The van der Waals surface area contributed by atoms with Gasteiger partial charge in [-0.3, -0.25) is 14.6 Å². The molecule has 0 fully saturated rings. The van der Waals surface area contributed by atoms with Crippen LogP contribution in [0, 0.1) is 6.92 Å². The highest BCUT2D eigenvalue weighted by molar-refractivity contribution is 7.89. The first-order valence-electron chi connectivity index (χ1n) is 8.88. The highest BCUT2D eigenvalue weighted by Crippen LogP contribution is 2.20. The third kappa shape index (κ3) is 5.67. The average molecular weight is 482 g/mol. The Kier molecular flexibility index (Phi) is 7.06. The second kappa shape index (κ2) is 9.56. The third-order valence-electron chi connectivity index (χ3n) is 4.15. The first-order valence-corrected chi connectivity index (χ1v) is 11.1. The number of carbonyl (C=O) groups excluding carboxylic acids is 1. The molecule has 3 rings (SSSR count). The van der Waals surface area contributed by atoms with E-state index in [9.17, 15) is 18.0 Å². The molecule has 0 radical (unpaired) electrons. The first-order chi connectivity index (χ1) is 14.7. The van der Waals surface area contributed by atoms with Crippen LogP contribution < -0.4 is 15.6 Å². The van der Waals surface area contributed by atoms with E-state index in [2.05, 4.69) is 20.1 Å². The van der Waals surface area contributed by atoms with Gasteiger partial charge >= 0.3 is 0 Å². The molecule has 0 bridgehead atoms. The quantitative estimate of drug-likeness (QED) is 0.533. The number of nitrogens with zero attached hydrogens (tertiary/aromatic N) is 3. The molecule has 1 aromatic carbocycles. The van der Waals surface area contributed by atoms with Crippen LogP contribution in [0.15, 0.2) is 58.5 Å². The highest BCUT2D eigenvalue weighted by Gasteiger charge is 2.18. The number of hydrogen-bond donors (Lipinski definition) is 2. The lowest BCUT2D eigenvalue weighted by Crippen LogP contribution is -2.30. The molecule has 3 aromatic rings. The largest absolute Gasteiger partial charge is 0.324 e. The summed E-state index contributed by atoms with van der Waals surface area (Å²) in [6.07, 6.45) is 2.74. The predicted molar refractivity (Wildman–Crippen MR) is 117 cm³/mol. The third-order valence-corrected chi connectivity index (χ3v) is 6.46. The van der Waals surface area contributed by atoms with E-state index in [1.165, 1.54) is 24.4 Å². The lowest BCUT2D eigenvalue weighted by atomic mass is 10.2.